The monoisotopic (exact) mass is 426 g/mol. The highest BCUT2D eigenvalue weighted by Crippen LogP contribution is 2.44. The number of carboxylic acids is 1. The Morgan fingerprint density at radius 3 is 2.33 bits per heavy atom. The topological polar surface area (TPSA) is 95.9 Å². The Bertz CT molecular complexity index is 934. The Hall–Kier alpha value is -3.00. The summed E-state index contributed by atoms with van der Waals surface area (Å²) in [4.78, 5) is 37.2. The van der Waals surface area contributed by atoms with Crippen molar-refractivity contribution in [3.8, 4) is 11.1 Å². The average molecular weight is 426 g/mol. The number of carboxylic acid groups (broad SMARTS) is 1. The van der Waals surface area contributed by atoms with E-state index in [4.69, 9.17) is 4.74 Å². The normalized spacial score (nSPS) is 17.7. The minimum absolute atomic E-state index is 0.0608. The number of carbonyl (C=O) groups excluding carboxylic acids is 2. The minimum atomic E-state index is -1.03. The summed E-state index contributed by atoms with van der Waals surface area (Å²) >= 11 is 1.50. The molecular formula is C22H22N2O5S. The van der Waals surface area contributed by atoms with E-state index in [2.05, 4.69) is 17.4 Å². The Kier molecular flexibility index (Phi) is 5.94. The van der Waals surface area contributed by atoms with Gasteiger partial charge in [-0.1, -0.05) is 48.5 Å². The third-order valence-electron chi connectivity index (χ3n) is 5.46. The van der Waals surface area contributed by atoms with Crippen molar-refractivity contribution in [2.24, 2.45) is 0 Å². The molecule has 1 atom stereocenters. The van der Waals surface area contributed by atoms with Gasteiger partial charge in [0, 0.05) is 24.0 Å². The van der Waals surface area contributed by atoms with Crippen LogP contribution in [0, 0.1) is 0 Å². The van der Waals surface area contributed by atoms with Gasteiger partial charge >= 0.3 is 12.1 Å². The minimum Gasteiger partial charge on any atom is -0.480 e. The number of amides is 2. The van der Waals surface area contributed by atoms with Gasteiger partial charge < -0.3 is 20.1 Å². The third-order valence-corrected chi connectivity index (χ3v) is 6.48. The van der Waals surface area contributed by atoms with Gasteiger partial charge in [-0.15, -0.1) is 0 Å². The summed E-state index contributed by atoms with van der Waals surface area (Å²) < 4.78 is 5.41. The van der Waals surface area contributed by atoms with E-state index in [0.29, 0.717) is 18.1 Å². The summed E-state index contributed by atoms with van der Waals surface area (Å²) in [5.74, 6) is -0.478. The summed E-state index contributed by atoms with van der Waals surface area (Å²) in [6.07, 6.45) is -0.691. The number of rotatable bonds is 5. The predicted molar refractivity (Wildman–Crippen MR) is 114 cm³/mol. The molecule has 2 aromatic rings. The first kappa shape index (κ1) is 20.3. The van der Waals surface area contributed by atoms with Crippen LogP contribution in [0.3, 0.4) is 0 Å². The van der Waals surface area contributed by atoms with Crippen LogP contribution >= 0.6 is 11.8 Å². The third kappa shape index (κ3) is 4.00. The van der Waals surface area contributed by atoms with Crippen molar-refractivity contribution in [1.82, 2.24) is 10.2 Å². The fraction of sp³-hybridized carbons (Fsp3) is 0.318. The molecule has 30 heavy (non-hydrogen) atoms. The molecule has 156 valence electrons. The van der Waals surface area contributed by atoms with Gasteiger partial charge in [0.15, 0.2) is 0 Å². The standard InChI is InChI=1S/C22H22N2O5S/c25-20(24-9-10-30-13-19(24)21(26)27)11-23-22(28)29-12-18-16-7-3-1-5-14(16)15-6-2-4-8-17(15)18/h1-8,18-19H,9-13H2,(H,23,28)(H,26,27). The second-order valence-corrected chi connectivity index (χ2v) is 8.35. The van der Waals surface area contributed by atoms with Gasteiger partial charge in [0.2, 0.25) is 5.91 Å². The van der Waals surface area contributed by atoms with Gasteiger partial charge in [-0.05, 0) is 22.3 Å². The molecule has 2 N–H and O–H groups in total. The zero-order chi connectivity index (χ0) is 21.1. The Morgan fingerprint density at radius 1 is 1.07 bits per heavy atom. The van der Waals surface area contributed by atoms with E-state index < -0.39 is 24.0 Å². The van der Waals surface area contributed by atoms with E-state index in [1.54, 1.807) is 0 Å². The molecular weight excluding hydrogens is 404 g/mol. The number of thioether (sulfide) groups is 1. The van der Waals surface area contributed by atoms with Crippen molar-refractivity contribution in [3.63, 3.8) is 0 Å². The van der Waals surface area contributed by atoms with Crippen LogP contribution in [0.1, 0.15) is 17.0 Å². The number of hydrogen-bond donors (Lipinski definition) is 2. The quantitative estimate of drug-likeness (QED) is 0.763. The highest BCUT2D eigenvalue weighted by molar-refractivity contribution is 7.99. The van der Waals surface area contributed by atoms with Gasteiger partial charge in [0.25, 0.3) is 0 Å². The second-order valence-electron chi connectivity index (χ2n) is 7.20. The summed E-state index contributed by atoms with van der Waals surface area (Å²) in [7, 11) is 0. The number of alkyl carbamates (subject to hydrolysis) is 1. The lowest BCUT2D eigenvalue weighted by Gasteiger charge is -2.32. The van der Waals surface area contributed by atoms with Crippen LogP contribution in [0.25, 0.3) is 11.1 Å². The molecule has 1 heterocycles. The average Bonchev–Trinajstić information content (AvgIpc) is 3.10. The zero-order valence-corrected chi connectivity index (χ0v) is 17.1. The highest BCUT2D eigenvalue weighted by Gasteiger charge is 2.33. The fourth-order valence-electron chi connectivity index (χ4n) is 4.01. The number of nitrogens with one attached hydrogen (secondary N) is 1. The van der Waals surface area contributed by atoms with E-state index in [1.807, 2.05) is 36.4 Å². The van der Waals surface area contributed by atoms with Crippen LogP contribution in [0.4, 0.5) is 4.79 Å². The molecule has 2 aliphatic rings. The molecule has 0 radical (unpaired) electrons. The van der Waals surface area contributed by atoms with Gasteiger partial charge in [-0.25, -0.2) is 9.59 Å². The Balaban J connectivity index is 1.34. The Morgan fingerprint density at radius 2 is 1.70 bits per heavy atom. The molecule has 1 aliphatic heterocycles. The first-order chi connectivity index (χ1) is 14.6. The van der Waals surface area contributed by atoms with Crippen LogP contribution in [-0.4, -0.2) is 65.2 Å². The van der Waals surface area contributed by atoms with Crippen molar-refractivity contribution >= 4 is 29.7 Å². The highest BCUT2D eigenvalue weighted by atomic mass is 32.2. The number of benzene rings is 2. The predicted octanol–water partition coefficient (Wildman–Crippen LogP) is 2.55. The molecule has 0 bridgehead atoms. The lowest BCUT2D eigenvalue weighted by atomic mass is 9.98. The lowest BCUT2D eigenvalue weighted by Crippen LogP contribution is -2.53. The smallest absolute Gasteiger partial charge is 0.407 e. The molecule has 0 aromatic heterocycles. The maximum Gasteiger partial charge on any atom is 0.407 e. The van der Waals surface area contributed by atoms with Crippen molar-refractivity contribution in [2.75, 3.05) is 31.2 Å². The van der Waals surface area contributed by atoms with Crippen LogP contribution in [0.2, 0.25) is 0 Å². The van der Waals surface area contributed by atoms with E-state index >= 15 is 0 Å². The SMILES string of the molecule is O=C(NCC(=O)N1CCSCC1C(=O)O)OCC1c2ccccc2-c2ccccc21. The number of carbonyl (C=O) groups is 3. The van der Waals surface area contributed by atoms with Crippen LogP contribution in [-0.2, 0) is 14.3 Å². The Labute approximate surface area is 178 Å². The van der Waals surface area contributed by atoms with E-state index in [0.717, 1.165) is 22.3 Å². The van der Waals surface area contributed by atoms with E-state index in [-0.39, 0.29) is 19.1 Å². The number of hydrogen-bond acceptors (Lipinski definition) is 5. The molecule has 2 amide bonds. The fourth-order valence-corrected chi connectivity index (χ4v) is 5.04. The number of ether oxygens (including phenoxy) is 1. The van der Waals surface area contributed by atoms with Crippen molar-refractivity contribution in [3.05, 3.63) is 59.7 Å². The molecule has 1 unspecified atom stereocenters. The van der Waals surface area contributed by atoms with Crippen LogP contribution in [0.15, 0.2) is 48.5 Å². The molecule has 1 fully saturated rings. The summed E-state index contributed by atoms with van der Waals surface area (Å²) in [5.41, 5.74) is 4.50. The van der Waals surface area contributed by atoms with Crippen LogP contribution < -0.4 is 5.32 Å². The lowest BCUT2D eigenvalue weighted by molar-refractivity contribution is -0.148. The maximum atomic E-state index is 12.4. The maximum absolute atomic E-state index is 12.4. The molecule has 1 aliphatic carbocycles. The van der Waals surface area contributed by atoms with Gasteiger partial charge in [0.1, 0.15) is 19.2 Å². The van der Waals surface area contributed by atoms with Gasteiger partial charge in [-0.2, -0.15) is 11.8 Å². The molecule has 2 aromatic carbocycles. The first-order valence-electron chi connectivity index (χ1n) is 9.75. The largest absolute Gasteiger partial charge is 0.480 e. The molecule has 7 nitrogen and oxygen atoms in total. The summed E-state index contributed by atoms with van der Waals surface area (Å²) in [5, 5.41) is 11.7. The number of nitrogens with zero attached hydrogens (tertiary/aromatic N) is 1. The molecule has 4 rings (SSSR count). The van der Waals surface area contributed by atoms with Crippen molar-refractivity contribution in [1.29, 1.82) is 0 Å². The summed E-state index contributed by atoms with van der Waals surface area (Å²) in [6.45, 7) is 0.226. The van der Waals surface area contributed by atoms with Crippen molar-refractivity contribution < 1.29 is 24.2 Å². The summed E-state index contributed by atoms with van der Waals surface area (Å²) in [6, 6.07) is 15.2. The number of aliphatic carboxylic acids is 1. The number of fused-ring (bicyclic) bond motifs is 3. The second kappa shape index (κ2) is 8.79. The van der Waals surface area contributed by atoms with Crippen LogP contribution in [0.5, 0.6) is 0 Å². The molecule has 0 spiro atoms. The molecule has 1 saturated heterocycles. The van der Waals surface area contributed by atoms with E-state index in [1.165, 1.54) is 16.7 Å². The molecule has 0 saturated carbocycles. The molecule has 8 heteroatoms. The van der Waals surface area contributed by atoms with Gasteiger partial charge in [0.05, 0.1) is 0 Å². The van der Waals surface area contributed by atoms with Gasteiger partial charge in [-0.3, -0.25) is 4.79 Å². The first-order valence-corrected chi connectivity index (χ1v) is 10.9. The van der Waals surface area contributed by atoms with E-state index in [9.17, 15) is 19.5 Å². The zero-order valence-electron chi connectivity index (χ0n) is 16.2. The van der Waals surface area contributed by atoms with Crippen molar-refractivity contribution in [2.45, 2.75) is 12.0 Å².